The van der Waals surface area contributed by atoms with Crippen LogP contribution in [0.2, 0.25) is 0 Å². The summed E-state index contributed by atoms with van der Waals surface area (Å²) in [6.45, 7) is 4.17. The Balaban J connectivity index is 0.00000240. The van der Waals surface area contributed by atoms with Gasteiger partial charge in [-0.3, -0.25) is 4.79 Å². The zero-order valence-electron chi connectivity index (χ0n) is 16.9. The lowest BCUT2D eigenvalue weighted by Crippen LogP contribution is -2.49. The second-order valence-corrected chi connectivity index (χ2v) is 8.32. The van der Waals surface area contributed by atoms with Crippen molar-refractivity contribution in [1.29, 1.82) is 0 Å². The quantitative estimate of drug-likeness (QED) is 0.697. The van der Waals surface area contributed by atoms with Gasteiger partial charge in [-0.05, 0) is 73.0 Å². The molecule has 1 amide bonds. The molecule has 2 fully saturated rings. The van der Waals surface area contributed by atoms with Gasteiger partial charge in [0.2, 0.25) is 0 Å². The summed E-state index contributed by atoms with van der Waals surface area (Å²) in [7, 11) is 0. The van der Waals surface area contributed by atoms with Crippen LogP contribution in [-0.4, -0.2) is 36.2 Å². The number of carbonyl (C=O) groups excluding carboxylic acids is 1. The van der Waals surface area contributed by atoms with Gasteiger partial charge in [-0.1, -0.05) is 49.7 Å². The zero-order valence-corrected chi connectivity index (χ0v) is 17.8. The van der Waals surface area contributed by atoms with E-state index in [1.807, 2.05) is 24.3 Å². The van der Waals surface area contributed by atoms with E-state index >= 15 is 0 Å². The topological polar surface area (TPSA) is 61.4 Å². The van der Waals surface area contributed by atoms with Crippen molar-refractivity contribution < 1.29 is 9.90 Å². The first-order valence-electron chi connectivity index (χ1n) is 10.5. The minimum atomic E-state index is -0.453. The third kappa shape index (κ3) is 5.00. The van der Waals surface area contributed by atoms with E-state index in [-0.39, 0.29) is 24.4 Å². The third-order valence-electron chi connectivity index (χ3n) is 6.33. The maximum atomic E-state index is 12.7. The highest BCUT2D eigenvalue weighted by Gasteiger charge is 2.39. The smallest absolute Gasteiger partial charge is 0.251 e. The molecule has 0 aromatic heterocycles. The Morgan fingerprint density at radius 2 is 1.59 bits per heavy atom. The molecule has 156 valence electrons. The van der Waals surface area contributed by atoms with Gasteiger partial charge < -0.3 is 15.7 Å². The van der Waals surface area contributed by atoms with Crippen molar-refractivity contribution in [2.75, 3.05) is 13.1 Å². The molecule has 2 aromatic rings. The second kappa shape index (κ2) is 9.75. The molecule has 4 nitrogen and oxygen atoms in total. The van der Waals surface area contributed by atoms with Crippen LogP contribution in [0.4, 0.5) is 0 Å². The number of benzene rings is 2. The first-order valence-corrected chi connectivity index (χ1v) is 10.5. The summed E-state index contributed by atoms with van der Waals surface area (Å²) in [5, 5.41) is 16.9. The predicted octanol–water partition coefficient (Wildman–Crippen LogP) is 3.82. The van der Waals surface area contributed by atoms with Gasteiger partial charge in [-0.25, -0.2) is 0 Å². The molecule has 4 rings (SSSR count). The van der Waals surface area contributed by atoms with Gasteiger partial charge in [-0.15, -0.1) is 12.4 Å². The van der Waals surface area contributed by atoms with Crippen LogP contribution in [0, 0.1) is 11.8 Å². The van der Waals surface area contributed by atoms with Crippen molar-refractivity contribution in [3.63, 3.8) is 0 Å². The summed E-state index contributed by atoms with van der Waals surface area (Å²) < 4.78 is 0. The number of fused-ring (bicyclic) bond motifs is 1. The van der Waals surface area contributed by atoms with Gasteiger partial charge in [0.15, 0.2) is 0 Å². The highest BCUT2D eigenvalue weighted by molar-refractivity contribution is 5.95. The molecule has 1 aliphatic carbocycles. The molecule has 0 bridgehead atoms. The first-order chi connectivity index (χ1) is 13.6. The molecule has 0 unspecified atom stereocenters. The largest absolute Gasteiger partial charge is 0.391 e. The van der Waals surface area contributed by atoms with Crippen molar-refractivity contribution in [3.05, 3.63) is 59.7 Å². The Bertz CT molecular complexity index is 807. The van der Waals surface area contributed by atoms with E-state index in [0.717, 1.165) is 49.9 Å². The molecule has 0 spiro atoms. The molecule has 1 heterocycles. The van der Waals surface area contributed by atoms with Crippen LogP contribution >= 0.6 is 12.4 Å². The van der Waals surface area contributed by atoms with Gasteiger partial charge in [0.1, 0.15) is 0 Å². The number of hydrogen-bond donors (Lipinski definition) is 3. The van der Waals surface area contributed by atoms with Gasteiger partial charge in [0, 0.05) is 5.56 Å². The van der Waals surface area contributed by atoms with Crippen LogP contribution in [0.5, 0.6) is 0 Å². The van der Waals surface area contributed by atoms with Crippen LogP contribution < -0.4 is 10.6 Å². The van der Waals surface area contributed by atoms with E-state index in [0.29, 0.717) is 17.4 Å². The summed E-state index contributed by atoms with van der Waals surface area (Å²) in [6.07, 6.45) is 3.43. The summed E-state index contributed by atoms with van der Waals surface area (Å²) in [5.41, 5.74) is 4.27. The number of carbonyl (C=O) groups is 1. The lowest BCUT2D eigenvalue weighted by molar-refractivity contribution is 0.0462. The number of hydrogen-bond acceptors (Lipinski definition) is 3. The molecule has 3 N–H and O–H groups in total. The fourth-order valence-corrected chi connectivity index (χ4v) is 4.67. The average molecular weight is 415 g/mol. The fourth-order valence-electron chi connectivity index (χ4n) is 4.67. The number of rotatable bonds is 5. The summed E-state index contributed by atoms with van der Waals surface area (Å²) in [5.74, 6) is 1.01. The number of nitrogens with one attached hydrogen (secondary N) is 2. The normalized spacial score (nSPS) is 25.7. The average Bonchev–Trinajstić information content (AvgIpc) is 3.16. The van der Waals surface area contributed by atoms with Crippen LogP contribution in [0.1, 0.15) is 42.1 Å². The molecular weight excluding hydrogens is 384 g/mol. The first kappa shape index (κ1) is 21.8. The van der Waals surface area contributed by atoms with E-state index in [9.17, 15) is 9.90 Å². The number of amides is 1. The number of aliphatic hydroxyl groups is 1. The molecule has 2 aliphatic rings. The highest BCUT2D eigenvalue weighted by atomic mass is 35.5. The van der Waals surface area contributed by atoms with Gasteiger partial charge in [0.25, 0.3) is 5.91 Å². The Morgan fingerprint density at radius 3 is 2.21 bits per heavy atom. The molecule has 5 heteroatoms. The molecule has 29 heavy (non-hydrogen) atoms. The number of halogens is 1. The van der Waals surface area contributed by atoms with Crippen molar-refractivity contribution in [2.24, 2.45) is 11.8 Å². The molecular formula is C24H31ClN2O2. The standard InChI is InChI=1S/C24H30N2O2.ClH/c1-2-3-16-4-6-17(7-5-16)18-8-10-19(11-9-18)24(28)26-22-12-20-14-25-15-21(20)13-23(22)27;/h4-11,20-23,25,27H,2-3,12-15H2,1H3,(H,26,28);1H/t20-,21+,22-,23-;/m0./s1. The van der Waals surface area contributed by atoms with Crippen molar-refractivity contribution >= 4 is 18.3 Å². The van der Waals surface area contributed by atoms with Crippen LogP contribution in [0.15, 0.2) is 48.5 Å². The molecule has 1 aliphatic heterocycles. The van der Waals surface area contributed by atoms with Gasteiger partial charge >= 0.3 is 0 Å². The predicted molar refractivity (Wildman–Crippen MR) is 119 cm³/mol. The van der Waals surface area contributed by atoms with Gasteiger partial charge in [0.05, 0.1) is 12.1 Å². The molecule has 4 atom stereocenters. The minimum Gasteiger partial charge on any atom is -0.391 e. The van der Waals surface area contributed by atoms with E-state index in [2.05, 4.69) is 41.8 Å². The maximum Gasteiger partial charge on any atom is 0.251 e. The zero-order chi connectivity index (χ0) is 19.5. The van der Waals surface area contributed by atoms with Crippen molar-refractivity contribution in [1.82, 2.24) is 10.6 Å². The van der Waals surface area contributed by atoms with Gasteiger partial charge in [-0.2, -0.15) is 0 Å². The third-order valence-corrected chi connectivity index (χ3v) is 6.33. The van der Waals surface area contributed by atoms with E-state index in [4.69, 9.17) is 0 Å². The lowest BCUT2D eigenvalue weighted by Gasteiger charge is -2.35. The van der Waals surface area contributed by atoms with Crippen LogP contribution in [-0.2, 0) is 6.42 Å². The minimum absolute atomic E-state index is 0. The summed E-state index contributed by atoms with van der Waals surface area (Å²) in [6, 6.07) is 16.2. The maximum absolute atomic E-state index is 12.7. The monoisotopic (exact) mass is 414 g/mol. The highest BCUT2D eigenvalue weighted by Crippen LogP contribution is 2.33. The lowest BCUT2D eigenvalue weighted by atomic mass is 9.77. The molecule has 1 saturated heterocycles. The van der Waals surface area contributed by atoms with Crippen molar-refractivity contribution in [2.45, 2.75) is 44.8 Å². The van der Waals surface area contributed by atoms with E-state index in [1.165, 1.54) is 5.56 Å². The molecule has 0 radical (unpaired) electrons. The summed E-state index contributed by atoms with van der Waals surface area (Å²) >= 11 is 0. The number of aryl methyl sites for hydroxylation is 1. The molecule has 1 saturated carbocycles. The Labute approximate surface area is 179 Å². The SMILES string of the molecule is CCCc1ccc(-c2ccc(C(=O)N[C@H]3C[C@H]4CNC[C@H]4C[C@@H]3O)cc2)cc1.Cl. The Kier molecular flexibility index (Phi) is 7.33. The Hall–Kier alpha value is -1.88. The van der Waals surface area contributed by atoms with Crippen LogP contribution in [0.25, 0.3) is 11.1 Å². The second-order valence-electron chi connectivity index (χ2n) is 8.32. The van der Waals surface area contributed by atoms with E-state index in [1.54, 1.807) is 0 Å². The molecule has 2 aromatic carbocycles. The van der Waals surface area contributed by atoms with Crippen LogP contribution in [0.3, 0.4) is 0 Å². The Morgan fingerprint density at radius 1 is 1.00 bits per heavy atom. The van der Waals surface area contributed by atoms with E-state index < -0.39 is 6.10 Å². The summed E-state index contributed by atoms with van der Waals surface area (Å²) in [4.78, 5) is 12.7. The van der Waals surface area contributed by atoms with Crippen molar-refractivity contribution in [3.8, 4) is 11.1 Å². The number of aliphatic hydroxyl groups excluding tert-OH is 1. The fraction of sp³-hybridized carbons (Fsp3) is 0.458.